The fourth-order valence-electron chi connectivity index (χ4n) is 11.1. The van der Waals surface area contributed by atoms with Crippen LogP contribution in [-0.4, -0.2) is 25.6 Å². The summed E-state index contributed by atoms with van der Waals surface area (Å²) in [5.74, 6) is 2.35. The lowest BCUT2D eigenvalue weighted by Crippen LogP contribution is -2.39. The highest BCUT2D eigenvalue weighted by Gasteiger charge is 2.33. The van der Waals surface area contributed by atoms with Crippen molar-refractivity contribution >= 4 is 66.8 Å². The first-order chi connectivity index (χ1) is 34.6. The summed E-state index contributed by atoms with van der Waals surface area (Å²) in [6, 6.07) is 67.3. The summed E-state index contributed by atoms with van der Waals surface area (Å²) >= 11 is 0. The third-order valence-corrected chi connectivity index (χ3v) is 14.7. The van der Waals surface area contributed by atoms with Crippen LogP contribution in [0.1, 0.15) is 49.6 Å². The molecule has 2 aliphatic rings. The molecular formula is C64H49N5O. The van der Waals surface area contributed by atoms with Crippen molar-refractivity contribution in [2.45, 2.75) is 38.6 Å². The van der Waals surface area contributed by atoms with Crippen LogP contribution in [0.3, 0.4) is 0 Å². The van der Waals surface area contributed by atoms with E-state index in [2.05, 4.69) is 217 Å². The smallest absolute Gasteiger partial charge is 0.164 e. The first kappa shape index (κ1) is 41.6. The maximum atomic E-state index is 6.87. The Bertz CT molecular complexity index is 3880. The number of nitrogens with zero attached hydrogens (tertiary/aromatic N) is 5. The average molecular weight is 904 g/mol. The highest BCUT2D eigenvalue weighted by molar-refractivity contribution is 6.15. The number of fused-ring (bicyclic) bond motifs is 7. The van der Waals surface area contributed by atoms with Crippen LogP contribution in [-0.2, 0) is 0 Å². The van der Waals surface area contributed by atoms with Crippen LogP contribution in [0.5, 0.6) is 0 Å². The molecule has 11 aromatic rings. The molecule has 336 valence electrons. The number of hydrogen-bond acceptors (Lipinski definition) is 5. The Balaban J connectivity index is 1.01. The van der Waals surface area contributed by atoms with Crippen molar-refractivity contribution in [3.8, 4) is 39.6 Å². The van der Waals surface area contributed by atoms with E-state index in [1.54, 1.807) is 0 Å². The Morgan fingerprint density at radius 2 is 1.23 bits per heavy atom. The quantitative estimate of drug-likeness (QED) is 0.144. The van der Waals surface area contributed by atoms with Crippen LogP contribution in [0, 0.1) is 5.92 Å². The third-order valence-electron chi connectivity index (χ3n) is 14.7. The molecule has 1 aliphatic heterocycles. The van der Waals surface area contributed by atoms with Gasteiger partial charge in [0.1, 0.15) is 11.2 Å². The summed E-state index contributed by atoms with van der Waals surface area (Å²) in [6.07, 6.45) is 13.2. The monoisotopic (exact) mass is 903 g/mol. The molecule has 13 rings (SSSR count). The van der Waals surface area contributed by atoms with Gasteiger partial charge in [-0.3, -0.25) is 0 Å². The first-order valence-corrected chi connectivity index (χ1v) is 24.4. The van der Waals surface area contributed by atoms with E-state index >= 15 is 0 Å². The number of benzene rings is 8. The molecule has 0 bridgehead atoms. The number of hydrogen-bond donors (Lipinski definition) is 0. The van der Waals surface area contributed by atoms with Gasteiger partial charge in [-0.2, -0.15) is 0 Å². The van der Waals surface area contributed by atoms with E-state index in [0.717, 1.165) is 79.3 Å². The van der Waals surface area contributed by atoms with E-state index in [1.807, 2.05) is 24.3 Å². The molecular weight excluding hydrogens is 855 g/mol. The van der Waals surface area contributed by atoms with Gasteiger partial charge in [-0.25, -0.2) is 15.0 Å². The minimum Gasteiger partial charge on any atom is -0.456 e. The van der Waals surface area contributed by atoms with Gasteiger partial charge in [0.25, 0.3) is 0 Å². The molecule has 0 radical (unpaired) electrons. The average Bonchev–Trinajstić information content (AvgIpc) is 3.98. The Labute approximate surface area is 407 Å². The SMILES string of the molecule is C[C@H](c1cccc2c1c1ccccc1n2-c1cc2c(cc1-c1ccccc1)oc1cccc(-c3nc(C4=CCCC=C4)nc(-c4ccccc4)n3)c12)[C@@H](C)C1C=Cc2ccccc2N1c1ccccc1. The molecule has 6 heteroatoms. The lowest BCUT2D eigenvalue weighted by atomic mass is 9.80. The van der Waals surface area contributed by atoms with Crippen molar-refractivity contribution in [2.24, 2.45) is 5.92 Å². The zero-order valence-electron chi connectivity index (χ0n) is 39.1. The van der Waals surface area contributed by atoms with Gasteiger partial charge in [-0.15, -0.1) is 0 Å². The largest absolute Gasteiger partial charge is 0.456 e. The van der Waals surface area contributed by atoms with Gasteiger partial charge in [0.15, 0.2) is 17.5 Å². The van der Waals surface area contributed by atoms with Crippen molar-refractivity contribution in [1.29, 1.82) is 0 Å². The second-order valence-corrected chi connectivity index (χ2v) is 18.7. The number of aromatic nitrogens is 4. The van der Waals surface area contributed by atoms with Gasteiger partial charge in [0.05, 0.1) is 22.8 Å². The minimum atomic E-state index is 0.131. The van der Waals surface area contributed by atoms with Gasteiger partial charge in [0, 0.05) is 55.2 Å². The van der Waals surface area contributed by atoms with Crippen molar-refractivity contribution in [2.75, 3.05) is 4.90 Å². The Hall–Kier alpha value is -8.61. The van der Waals surface area contributed by atoms with Crippen molar-refractivity contribution in [3.05, 3.63) is 229 Å². The van der Waals surface area contributed by atoms with Crippen molar-refractivity contribution in [1.82, 2.24) is 19.5 Å². The standard InChI is InChI=1S/C64H49N5O/c1-41(42(2)53-38-37-44-23-15-17-33-54(44)68(53)47-28-13-6-14-29-47)48-31-19-35-56-60(48)49-30-16-18-34-55(49)69(56)57-39-52-59(40-51(57)43-21-7-3-8-22-43)70-58-36-20-32-50(61(52)58)64-66-62(45-24-9-4-10-25-45)65-63(67-64)46-26-11-5-12-27-46/h3-4,6-11,13-42,53H,5,12H2,1-2H3/t41-,42+,53?/m0/s1. The highest BCUT2D eigenvalue weighted by atomic mass is 16.3. The van der Waals surface area contributed by atoms with Crippen LogP contribution in [0.15, 0.2) is 217 Å². The summed E-state index contributed by atoms with van der Waals surface area (Å²) < 4.78 is 9.35. The molecule has 0 saturated carbocycles. The van der Waals surface area contributed by atoms with E-state index in [0.29, 0.717) is 17.5 Å². The van der Waals surface area contributed by atoms with Gasteiger partial charge in [-0.1, -0.05) is 184 Å². The van der Waals surface area contributed by atoms with E-state index in [-0.39, 0.29) is 17.9 Å². The lowest BCUT2D eigenvalue weighted by Gasteiger charge is -2.41. The maximum absolute atomic E-state index is 6.87. The van der Waals surface area contributed by atoms with Gasteiger partial charge < -0.3 is 13.9 Å². The molecule has 0 fully saturated rings. The molecule has 70 heavy (non-hydrogen) atoms. The number of allylic oxidation sites excluding steroid dienone is 4. The Kier molecular flexibility index (Phi) is 10.2. The van der Waals surface area contributed by atoms with Crippen molar-refractivity contribution < 1.29 is 4.42 Å². The van der Waals surface area contributed by atoms with Crippen LogP contribution in [0.25, 0.3) is 95.0 Å². The van der Waals surface area contributed by atoms with E-state index in [4.69, 9.17) is 19.4 Å². The number of rotatable bonds is 9. The Morgan fingerprint density at radius 3 is 2.04 bits per heavy atom. The first-order valence-electron chi connectivity index (χ1n) is 24.4. The molecule has 1 unspecified atom stereocenters. The molecule has 0 spiro atoms. The van der Waals surface area contributed by atoms with Crippen molar-refractivity contribution in [3.63, 3.8) is 0 Å². The normalized spacial score (nSPS) is 15.4. The molecule has 0 saturated heterocycles. The second kappa shape index (κ2) is 17.2. The maximum Gasteiger partial charge on any atom is 0.164 e. The number of anilines is 2. The lowest BCUT2D eigenvalue weighted by molar-refractivity contribution is 0.439. The van der Waals surface area contributed by atoms with Gasteiger partial charge in [0.2, 0.25) is 0 Å². The summed E-state index contributed by atoms with van der Waals surface area (Å²) in [7, 11) is 0. The van der Waals surface area contributed by atoms with E-state index in [9.17, 15) is 0 Å². The fraction of sp³-hybridized carbons (Fsp3) is 0.109. The van der Waals surface area contributed by atoms with Crippen LogP contribution in [0.4, 0.5) is 11.4 Å². The van der Waals surface area contributed by atoms with Crippen LogP contribution in [0.2, 0.25) is 0 Å². The summed E-state index contributed by atoms with van der Waals surface area (Å²) in [6.45, 7) is 4.84. The predicted octanol–water partition coefficient (Wildman–Crippen LogP) is 16.6. The Morgan fingerprint density at radius 1 is 0.529 bits per heavy atom. The summed E-state index contributed by atoms with van der Waals surface area (Å²) in [4.78, 5) is 18.0. The molecule has 3 atom stereocenters. The predicted molar refractivity (Wildman–Crippen MR) is 290 cm³/mol. The van der Waals surface area contributed by atoms with E-state index < -0.39 is 0 Å². The number of furan rings is 1. The molecule has 1 aliphatic carbocycles. The molecule has 3 aromatic heterocycles. The van der Waals surface area contributed by atoms with E-state index in [1.165, 1.54) is 33.3 Å². The van der Waals surface area contributed by atoms with Gasteiger partial charge >= 0.3 is 0 Å². The molecule has 6 nitrogen and oxygen atoms in total. The molecule has 0 amide bonds. The molecule has 8 aromatic carbocycles. The van der Waals surface area contributed by atoms with Crippen LogP contribution >= 0.6 is 0 Å². The second-order valence-electron chi connectivity index (χ2n) is 18.7. The minimum absolute atomic E-state index is 0.131. The van der Waals surface area contributed by atoms with Gasteiger partial charge in [-0.05, 0) is 89.9 Å². The zero-order valence-corrected chi connectivity index (χ0v) is 39.1. The fourth-order valence-corrected chi connectivity index (χ4v) is 11.1. The number of para-hydroxylation sites is 3. The third kappa shape index (κ3) is 6.97. The summed E-state index contributed by atoms with van der Waals surface area (Å²) in [5.41, 5.74) is 15.0. The molecule has 0 N–H and O–H groups in total. The molecule has 4 heterocycles. The van der Waals surface area contributed by atoms with Crippen LogP contribution < -0.4 is 4.90 Å². The zero-order chi connectivity index (χ0) is 46.7. The topological polar surface area (TPSA) is 60.0 Å². The summed E-state index contributed by atoms with van der Waals surface area (Å²) in [5, 5.41) is 4.47. The highest BCUT2D eigenvalue weighted by Crippen LogP contribution is 2.47.